The van der Waals surface area contributed by atoms with Gasteiger partial charge in [0.15, 0.2) is 0 Å². The van der Waals surface area contributed by atoms with E-state index in [0.717, 1.165) is 19.3 Å². The molecule has 1 amide bonds. The van der Waals surface area contributed by atoms with Gasteiger partial charge in [0.1, 0.15) is 11.0 Å². The number of carbonyl (C=O) groups is 1. The summed E-state index contributed by atoms with van der Waals surface area (Å²) in [4.78, 5) is 14.2. The van der Waals surface area contributed by atoms with Gasteiger partial charge in [-0.2, -0.15) is 0 Å². The van der Waals surface area contributed by atoms with E-state index in [1.807, 2.05) is 0 Å². The van der Waals surface area contributed by atoms with Crippen molar-refractivity contribution < 1.29 is 14.5 Å². The number of carbonyl (C=O) groups excluding carboxylic acids is 1. The molecule has 2 unspecified atom stereocenters. The fourth-order valence-corrected chi connectivity index (χ4v) is 2.78. The average molecular weight is 275 g/mol. The van der Waals surface area contributed by atoms with E-state index in [9.17, 15) is 9.90 Å². The lowest BCUT2D eigenvalue weighted by Gasteiger charge is -2.33. The van der Waals surface area contributed by atoms with Gasteiger partial charge in [0.25, 0.3) is 5.91 Å². The molecule has 3 rings (SSSR count). The Morgan fingerprint density at radius 2 is 2.15 bits per heavy atom. The molecular weight excluding hydrogens is 258 g/mol. The van der Waals surface area contributed by atoms with Crippen molar-refractivity contribution in [3.8, 4) is 0 Å². The molecule has 1 heterocycles. The second kappa shape index (κ2) is 5.20. The fraction of sp³-hybridized carbons (Fsp3) is 0.500. The Hall–Kier alpha value is -1.95. The van der Waals surface area contributed by atoms with Gasteiger partial charge in [0.05, 0.1) is 6.10 Å². The molecule has 1 aliphatic rings. The summed E-state index contributed by atoms with van der Waals surface area (Å²) in [7, 11) is 1.79. The lowest BCUT2D eigenvalue weighted by atomic mass is 9.92. The van der Waals surface area contributed by atoms with E-state index < -0.39 is 0 Å². The van der Waals surface area contributed by atoms with E-state index in [4.69, 9.17) is 0 Å². The molecule has 20 heavy (non-hydrogen) atoms. The predicted octanol–water partition coefficient (Wildman–Crippen LogP) is 1.60. The van der Waals surface area contributed by atoms with Gasteiger partial charge < -0.3 is 10.0 Å². The summed E-state index contributed by atoms with van der Waals surface area (Å²) in [5.74, 6) is -0.0611. The number of fused-ring (bicyclic) bond motifs is 1. The number of nitrogens with zero attached hydrogens (tertiary/aromatic N) is 3. The Balaban J connectivity index is 1.79. The fourth-order valence-electron chi connectivity index (χ4n) is 2.78. The van der Waals surface area contributed by atoms with E-state index in [2.05, 4.69) is 14.9 Å². The van der Waals surface area contributed by atoms with Crippen molar-refractivity contribution >= 4 is 16.9 Å². The Bertz CT molecular complexity index is 625. The highest BCUT2D eigenvalue weighted by Gasteiger charge is 2.27. The standard InChI is InChI=1S/C14H17N3O3/c1-17(10-3-2-4-11(18)8-10)14(19)9-5-6-12-13(7-9)16-20-15-12/h5-7,10-11,18H,2-4,8H2,1H3. The predicted molar refractivity (Wildman–Crippen MR) is 72.2 cm³/mol. The van der Waals surface area contributed by atoms with Crippen LogP contribution in [0.3, 0.4) is 0 Å². The topological polar surface area (TPSA) is 79.5 Å². The lowest BCUT2D eigenvalue weighted by molar-refractivity contribution is 0.0522. The molecule has 106 valence electrons. The number of hydrogen-bond acceptors (Lipinski definition) is 5. The number of rotatable bonds is 2. The van der Waals surface area contributed by atoms with E-state index in [-0.39, 0.29) is 18.1 Å². The molecular formula is C14H17N3O3. The van der Waals surface area contributed by atoms with Crippen LogP contribution in [0.15, 0.2) is 22.8 Å². The van der Waals surface area contributed by atoms with Gasteiger partial charge in [0.2, 0.25) is 0 Å². The molecule has 0 aliphatic heterocycles. The third kappa shape index (κ3) is 2.38. The highest BCUT2D eigenvalue weighted by molar-refractivity contribution is 5.97. The average Bonchev–Trinajstić information content (AvgIpc) is 2.93. The summed E-state index contributed by atoms with van der Waals surface area (Å²) >= 11 is 0. The third-order valence-corrected chi connectivity index (χ3v) is 3.99. The minimum Gasteiger partial charge on any atom is -0.393 e. The molecule has 2 aromatic rings. The van der Waals surface area contributed by atoms with Crippen molar-refractivity contribution in [2.75, 3.05) is 7.05 Å². The Kier molecular flexibility index (Phi) is 3.40. The second-order valence-electron chi connectivity index (χ2n) is 5.36. The Morgan fingerprint density at radius 3 is 2.95 bits per heavy atom. The first-order valence-corrected chi connectivity index (χ1v) is 6.82. The molecule has 1 N–H and O–H groups in total. The van der Waals surface area contributed by atoms with Gasteiger partial charge >= 0.3 is 0 Å². The van der Waals surface area contributed by atoms with Gasteiger partial charge in [0, 0.05) is 18.7 Å². The number of aliphatic hydroxyl groups is 1. The van der Waals surface area contributed by atoms with E-state index >= 15 is 0 Å². The van der Waals surface area contributed by atoms with Gasteiger partial charge in [-0.25, -0.2) is 4.63 Å². The maximum absolute atomic E-state index is 12.5. The Morgan fingerprint density at radius 1 is 1.35 bits per heavy atom. The van der Waals surface area contributed by atoms with Crippen LogP contribution in [0.2, 0.25) is 0 Å². The third-order valence-electron chi connectivity index (χ3n) is 3.99. The van der Waals surface area contributed by atoms with Gasteiger partial charge in [-0.15, -0.1) is 0 Å². The molecule has 1 aromatic carbocycles. The summed E-state index contributed by atoms with van der Waals surface area (Å²) in [5, 5.41) is 17.2. The highest BCUT2D eigenvalue weighted by atomic mass is 16.6. The molecule has 1 fully saturated rings. The smallest absolute Gasteiger partial charge is 0.253 e. The molecule has 0 radical (unpaired) electrons. The van der Waals surface area contributed by atoms with Crippen LogP contribution in [0.5, 0.6) is 0 Å². The van der Waals surface area contributed by atoms with Gasteiger partial charge in [-0.05, 0) is 54.2 Å². The van der Waals surface area contributed by atoms with E-state index in [1.54, 1.807) is 30.1 Å². The van der Waals surface area contributed by atoms with Crippen molar-refractivity contribution in [1.82, 2.24) is 15.2 Å². The van der Waals surface area contributed by atoms with Gasteiger partial charge in [-0.3, -0.25) is 4.79 Å². The molecule has 1 aliphatic carbocycles. The molecule has 0 bridgehead atoms. The zero-order valence-corrected chi connectivity index (χ0v) is 11.3. The van der Waals surface area contributed by atoms with Crippen LogP contribution in [0.4, 0.5) is 0 Å². The largest absolute Gasteiger partial charge is 0.393 e. The summed E-state index contributed by atoms with van der Waals surface area (Å²) < 4.78 is 4.63. The lowest BCUT2D eigenvalue weighted by Crippen LogP contribution is -2.41. The zero-order chi connectivity index (χ0) is 14.1. The second-order valence-corrected chi connectivity index (χ2v) is 5.36. The number of aliphatic hydroxyl groups excluding tert-OH is 1. The molecule has 2 atom stereocenters. The normalized spacial score (nSPS) is 22.9. The van der Waals surface area contributed by atoms with Crippen LogP contribution in [0.25, 0.3) is 11.0 Å². The van der Waals surface area contributed by atoms with Crippen molar-refractivity contribution in [2.45, 2.75) is 37.8 Å². The van der Waals surface area contributed by atoms with Crippen LogP contribution < -0.4 is 0 Å². The van der Waals surface area contributed by atoms with E-state index in [1.165, 1.54) is 0 Å². The summed E-state index contributed by atoms with van der Waals surface area (Å²) in [6, 6.07) is 5.23. The van der Waals surface area contributed by atoms with Crippen LogP contribution in [0.1, 0.15) is 36.0 Å². The number of aromatic nitrogens is 2. The first kappa shape index (κ1) is 13.1. The van der Waals surface area contributed by atoms with Crippen molar-refractivity contribution in [2.24, 2.45) is 0 Å². The number of benzene rings is 1. The minimum absolute atomic E-state index is 0.0611. The van der Waals surface area contributed by atoms with Crippen LogP contribution in [-0.2, 0) is 0 Å². The summed E-state index contributed by atoms with van der Waals surface area (Å²) in [5.41, 5.74) is 1.78. The number of hydrogen-bond donors (Lipinski definition) is 1. The summed E-state index contributed by atoms with van der Waals surface area (Å²) in [6.07, 6.45) is 3.07. The molecule has 6 nitrogen and oxygen atoms in total. The molecule has 1 aromatic heterocycles. The highest BCUT2D eigenvalue weighted by Crippen LogP contribution is 2.24. The van der Waals surface area contributed by atoms with Crippen LogP contribution in [0, 0.1) is 0 Å². The monoisotopic (exact) mass is 275 g/mol. The van der Waals surface area contributed by atoms with E-state index in [0.29, 0.717) is 23.0 Å². The molecule has 0 spiro atoms. The van der Waals surface area contributed by atoms with Crippen LogP contribution >= 0.6 is 0 Å². The number of amides is 1. The Labute approximate surface area is 116 Å². The van der Waals surface area contributed by atoms with Crippen molar-refractivity contribution in [3.63, 3.8) is 0 Å². The zero-order valence-electron chi connectivity index (χ0n) is 11.3. The molecule has 0 saturated heterocycles. The van der Waals surface area contributed by atoms with Gasteiger partial charge in [-0.1, -0.05) is 0 Å². The summed E-state index contributed by atoms with van der Waals surface area (Å²) in [6.45, 7) is 0. The van der Waals surface area contributed by atoms with Crippen molar-refractivity contribution in [1.29, 1.82) is 0 Å². The first-order valence-electron chi connectivity index (χ1n) is 6.82. The quantitative estimate of drug-likeness (QED) is 0.900. The minimum atomic E-state index is -0.300. The maximum atomic E-state index is 12.5. The SMILES string of the molecule is CN(C(=O)c1ccc2nonc2c1)C1CCCC(O)C1. The van der Waals surface area contributed by atoms with Crippen LogP contribution in [-0.4, -0.2) is 45.4 Å². The molecule has 6 heteroatoms. The first-order chi connectivity index (χ1) is 9.65. The van der Waals surface area contributed by atoms with Crippen molar-refractivity contribution in [3.05, 3.63) is 23.8 Å². The molecule has 1 saturated carbocycles. The maximum Gasteiger partial charge on any atom is 0.253 e.